The second-order valence-corrected chi connectivity index (χ2v) is 11.0. The first-order chi connectivity index (χ1) is 11.7. The normalized spacial score (nSPS) is 28.6. The molecule has 25 heavy (non-hydrogen) atoms. The lowest BCUT2D eigenvalue weighted by atomic mass is 9.99. The SMILES string of the molecule is CCNC(=NCC(C)N1CCCC(C)C1)N1CCS(=O)(=O)C(C)(C)C1. The Labute approximate surface area is 154 Å². The zero-order valence-corrected chi connectivity index (χ0v) is 17.4. The molecule has 146 valence electrons. The van der Waals surface area contributed by atoms with Gasteiger partial charge in [0.05, 0.1) is 17.0 Å². The molecule has 0 aromatic rings. The summed E-state index contributed by atoms with van der Waals surface area (Å²) in [5, 5.41) is 3.35. The number of piperidine rings is 1. The Hall–Kier alpha value is -0.820. The van der Waals surface area contributed by atoms with Crippen molar-refractivity contribution in [3.63, 3.8) is 0 Å². The largest absolute Gasteiger partial charge is 0.357 e. The van der Waals surface area contributed by atoms with Gasteiger partial charge in [0.25, 0.3) is 0 Å². The van der Waals surface area contributed by atoms with Crippen LogP contribution >= 0.6 is 0 Å². The van der Waals surface area contributed by atoms with Crippen LogP contribution in [-0.2, 0) is 9.84 Å². The summed E-state index contributed by atoms with van der Waals surface area (Å²) < 4.78 is 23.8. The predicted molar refractivity (Wildman–Crippen MR) is 105 cm³/mol. The fourth-order valence-corrected chi connectivity index (χ4v) is 5.08. The molecule has 0 aliphatic carbocycles. The second-order valence-electron chi connectivity index (χ2n) is 8.29. The van der Waals surface area contributed by atoms with Gasteiger partial charge in [-0.15, -0.1) is 0 Å². The van der Waals surface area contributed by atoms with Crippen LogP contribution in [0.25, 0.3) is 0 Å². The summed E-state index contributed by atoms with van der Waals surface area (Å²) in [6.07, 6.45) is 2.60. The van der Waals surface area contributed by atoms with Crippen LogP contribution in [-0.4, -0.2) is 80.0 Å². The Morgan fingerprint density at radius 1 is 1.36 bits per heavy atom. The molecule has 0 spiro atoms. The van der Waals surface area contributed by atoms with E-state index in [2.05, 4.69) is 35.9 Å². The van der Waals surface area contributed by atoms with Crippen LogP contribution in [0.5, 0.6) is 0 Å². The van der Waals surface area contributed by atoms with Gasteiger partial charge in [-0.2, -0.15) is 0 Å². The van der Waals surface area contributed by atoms with Gasteiger partial charge >= 0.3 is 0 Å². The van der Waals surface area contributed by atoms with E-state index in [1.54, 1.807) is 0 Å². The number of aliphatic imine (C=N–C) groups is 1. The van der Waals surface area contributed by atoms with Crippen LogP contribution in [0.3, 0.4) is 0 Å². The van der Waals surface area contributed by atoms with Crippen molar-refractivity contribution < 1.29 is 8.42 Å². The molecule has 0 amide bonds. The fraction of sp³-hybridized carbons (Fsp3) is 0.944. The van der Waals surface area contributed by atoms with Crippen molar-refractivity contribution in [2.75, 3.05) is 45.0 Å². The minimum absolute atomic E-state index is 0.198. The lowest BCUT2D eigenvalue weighted by Crippen LogP contribution is -2.57. The molecule has 0 aromatic carbocycles. The Balaban J connectivity index is 2.03. The summed E-state index contributed by atoms with van der Waals surface area (Å²) in [6, 6.07) is 0.415. The average molecular weight is 373 g/mol. The summed E-state index contributed by atoms with van der Waals surface area (Å²) in [7, 11) is -3.03. The fourth-order valence-electron chi connectivity index (χ4n) is 3.71. The number of sulfone groups is 1. The van der Waals surface area contributed by atoms with Crippen LogP contribution < -0.4 is 5.32 Å². The smallest absolute Gasteiger partial charge is 0.194 e. The minimum Gasteiger partial charge on any atom is -0.357 e. The first-order valence-electron chi connectivity index (χ1n) is 9.66. The number of hydrogen-bond donors (Lipinski definition) is 1. The number of guanidine groups is 1. The minimum atomic E-state index is -3.03. The molecule has 2 rings (SSSR count). The van der Waals surface area contributed by atoms with Crippen molar-refractivity contribution in [2.45, 2.75) is 58.2 Å². The van der Waals surface area contributed by atoms with E-state index in [0.717, 1.165) is 38.1 Å². The van der Waals surface area contributed by atoms with Crippen molar-refractivity contribution in [1.29, 1.82) is 0 Å². The van der Waals surface area contributed by atoms with Gasteiger partial charge in [-0.05, 0) is 53.0 Å². The van der Waals surface area contributed by atoms with Crippen LogP contribution in [0, 0.1) is 5.92 Å². The molecule has 2 fully saturated rings. The summed E-state index contributed by atoms with van der Waals surface area (Å²) in [5.41, 5.74) is 0. The lowest BCUT2D eigenvalue weighted by molar-refractivity contribution is 0.142. The molecule has 0 bridgehead atoms. The molecular weight excluding hydrogens is 336 g/mol. The Bertz CT molecular complexity index is 574. The van der Waals surface area contributed by atoms with E-state index in [-0.39, 0.29) is 5.75 Å². The highest BCUT2D eigenvalue weighted by molar-refractivity contribution is 7.92. The second kappa shape index (κ2) is 8.25. The Morgan fingerprint density at radius 2 is 2.08 bits per heavy atom. The molecule has 0 radical (unpaired) electrons. The lowest BCUT2D eigenvalue weighted by Gasteiger charge is -2.39. The first kappa shape index (κ1) is 20.5. The van der Waals surface area contributed by atoms with Crippen molar-refractivity contribution in [2.24, 2.45) is 10.9 Å². The van der Waals surface area contributed by atoms with Crippen LogP contribution in [0.1, 0.15) is 47.5 Å². The van der Waals surface area contributed by atoms with Crippen molar-refractivity contribution >= 4 is 15.8 Å². The van der Waals surface area contributed by atoms with E-state index in [0.29, 0.717) is 19.1 Å². The number of nitrogens with zero attached hydrogens (tertiary/aromatic N) is 3. The van der Waals surface area contributed by atoms with E-state index in [9.17, 15) is 8.42 Å². The van der Waals surface area contributed by atoms with Gasteiger partial charge in [0, 0.05) is 32.2 Å². The Morgan fingerprint density at radius 3 is 2.68 bits per heavy atom. The third-order valence-electron chi connectivity index (χ3n) is 5.49. The number of likely N-dealkylation sites (tertiary alicyclic amines) is 1. The standard InChI is InChI=1S/C18H36N4O2S/c1-6-19-17(22-10-11-25(23,24)18(4,5)14-22)20-12-16(3)21-9-7-8-15(2)13-21/h15-16H,6-14H2,1-5H3,(H,19,20). The highest BCUT2D eigenvalue weighted by atomic mass is 32.2. The molecule has 0 aromatic heterocycles. The van der Waals surface area contributed by atoms with Gasteiger partial charge in [0.15, 0.2) is 15.8 Å². The van der Waals surface area contributed by atoms with Crippen LogP contribution in [0.15, 0.2) is 4.99 Å². The van der Waals surface area contributed by atoms with E-state index in [1.165, 1.54) is 12.8 Å². The first-order valence-corrected chi connectivity index (χ1v) is 11.3. The van der Waals surface area contributed by atoms with Crippen LogP contribution in [0.2, 0.25) is 0 Å². The highest BCUT2D eigenvalue weighted by Crippen LogP contribution is 2.24. The molecule has 2 atom stereocenters. The number of rotatable bonds is 4. The molecule has 6 nitrogen and oxygen atoms in total. The topological polar surface area (TPSA) is 65.0 Å². The molecular formula is C18H36N4O2S. The van der Waals surface area contributed by atoms with Crippen molar-refractivity contribution in [1.82, 2.24) is 15.1 Å². The maximum atomic E-state index is 12.2. The highest BCUT2D eigenvalue weighted by Gasteiger charge is 2.41. The third kappa shape index (κ3) is 5.09. The van der Waals surface area contributed by atoms with Gasteiger partial charge in [-0.1, -0.05) is 6.92 Å². The average Bonchev–Trinajstić information content (AvgIpc) is 2.54. The number of hydrogen-bond acceptors (Lipinski definition) is 4. The maximum Gasteiger partial charge on any atom is 0.194 e. The molecule has 2 heterocycles. The molecule has 7 heteroatoms. The number of nitrogens with one attached hydrogen (secondary N) is 1. The molecule has 2 saturated heterocycles. The van der Waals surface area contributed by atoms with Crippen molar-refractivity contribution in [3.8, 4) is 0 Å². The predicted octanol–water partition coefficient (Wildman–Crippen LogP) is 1.58. The summed E-state index contributed by atoms with van der Waals surface area (Å²) in [6.45, 7) is 15.1. The quantitative estimate of drug-likeness (QED) is 0.600. The van der Waals surface area contributed by atoms with Gasteiger partial charge in [0.1, 0.15) is 0 Å². The zero-order valence-electron chi connectivity index (χ0n) is 16.6. The van der Waals surface area contributed by atoms with E-state index in [1.807, 2.05) is 13.8 Å². The molecule has 2 unspecified atom stereocenters. The third-order valence-corrected chi connectivity index (χ3v) is 8.03. The van der Waals surface area contributed by atoms with E-state index in [4.69, 9.17) is 4.99 Å². The zero-order chi connectivity index (χ0) is 18.7. The summed E-state index contributed by atoms with van der Waals surface area (Å²) in [4.78, 5) is 9.49. The van der Waals surface area contributed by atoms with Gasteiger partial charge < -0.3 is 10.2 Å². The summed E-state index contributed by atoms with van der Waals surface area (Å²) in [5.74, 6) is 1.81. The molecule has 1 N–H and O–H groups in total. The molecule has 0 saturated carbocycles. The van der Waals surface area contributed by atoms with Crippen LogP contribution in [0.4, 0.5) is 0 Å². The maximum absolute atomic E-state index is 12.2. The monoisotopic (exact) mass is 372 g/mol. The van der Waals surface area contributed by atoms with Gasteiger partial charge in [-0.25, -0.2) is 8.42 Å². The van der Waals surface area contributed by atoms with E-state index < -0.39 is 14.6 Å². The van der Waals surface area contributed by atoms with Gasteiger partial charge in [-0.3, -0.25) is 9.89 Å². The van der Waals surface area contributed by atoms with E-state index >= 15 is 0 Å². The molecule has 2 aliphatic heterocycles. The van der Waals surface area contributed by atoms with Gasteiger partial charge in [0.2, 0.25) is 0 Å². The summed E-state index contributed by atoms with van der Waals surface area (Å²) >= 11 is 0. The Kier molecular flexibility index (Phi) is 6.76. The van der Waals surface area contributed by atoms with Crippen molar-refractivity contribution in [3.05, 3.63) is 0 Å². The molecule has 2 aliphatic rings.